The van der Waals surface area contributed by atoms with Gasteiger partial charge in [-0.15, -0.1) is 0 Å². The first kappa shape index (κ1) is 17.0. The average molecular weight is 292 g/mol. The number of aryl methyl sites for hydroxylation is 1. The number of ether oxygens (including phenoxy) is 1. The van der Waals surface area contributed by atoms with Crippen molar-refractivity contribution in [3.63, 3.8) is 0 Å². The zero-order valence-corrected chi connectivity index (χ0v) is 13.3. The molecule has 0 fully saturated rings. The molecule has 0 heterocycles. The van der Waals surface area contributed by atoms with Gasteiger partial charge in [-0.3, -0.25) is 4.79 Å². The molecule has 0 saturated carbocycles. The molecule has 0 unspecified atom stereocenters. The highest BCUT2D eigenvalue weighted by Crippen LogP contribution is 2.06. The zero-order chi connectivity index (χ0) is 16.0. The molecule has 21 heavy (non-hydrogen) atoms. The van der Waals surface area contributed by atoms with Crippen molar-refractivity contribution in [3.05, 3.63) is 35.4 Å². The summed E-state index contributed by atoms with van der Waals surface area (Å²) in [5, 5.41) is 5.45. The quantitative estimate of drug-likeness (QED) is 0.896. The fourth-order valence-electron chi connectivity index (χ4n) is 1.61. The summed E-state index contributed by atoms with van der Waals surface area (Å²) in [5.41, 5.74) is 1.17. The van der Waals surface area contributed by atoms with E-state index in [4.69, 9.17) is 4.74 Å². The molecule has 0 aromatic heterocycles. The zero-order valence-electron chi connectivity index (χ0n) is 13.3. The van der Waals surface area contributed by atoms with Gasteiger partial charge < -0.3 is 15.4 Å². The summed E-state index contributed by atoms with van der Waals surface area (Å²) in [5.74, 6) is -0.159. The Morgan fingerprint density at radius 1 is 1.19 bits per heavy atom. The Labute approximate surface area is 126 Å². The fraction of sp³-hybridized carbons (Fsp3) is 0.500. The average Bonchev–Trinajstić information content (AvgIpc) is 2.34. The monoisotopic (exact) mass is 292 g/mol. The molecule has 1 rings (SSSR count). The molecule has 0 bridgehead atoms. The minimum Gasteiger partial charge on any atom is -0.444 e. The van der Waals surface area contributed by atoms with Crippen LogP contribution in [-0.2, 0) is 4.74 Å². The Kier molecular flexibility index (Phi) is 5.76. The SMILES string of the molecule is Cc1ccc(C(=O)NC[C@H](C)NC(=O)OC(C)(C)C)cc1. The molecule has 0 spiro atoms. The summed E-state index contributed by atoms with van der Waals surface area (Å²) in [6, 6.07) is 7.11. The number of carbonyl (C=O) groups is 2. The molecule has 2 N–H and O–H groups in total. The van der Waals surface area contributed by atoms with E-state index in [9.17, 15) is 9.59 Å². The van der Waals surface area contributed by atoms with Gasteiger partial charge in [0.1, 0.15) is 5.60 Å². The van der Waals surface area contributed by atoms with Crippen molar-refractivity contribution >= 4 is 12.0 Å². The first-order valence-corrected chi connectivity index (χ1v) is 7.02. The van der Waals surface area contributed by atoms with Crippen LogP contribution < -0.4 is 10.6 Å². The van der Waals surface area contributed by atoms with Gasteiger partial charge in [-0.2, -0.15) is 0 Å². The molecule has 0 aliphatic heterocycles. The third-order valence-corrected chi connectivity index (χ3v) is 2.65. The van der Waals surface area contributed by atoms with Crippen molar-refractivity contribution < 1.29 is 14.3 Å². The van der Waals surface area contributed by atoms with E-state index in [1.807, 2.05) is 19.1 Å². The molecule has 1 atom stereocenters. The van der Waals surface area contributed by atoms with E-state index in [1.165, 1.54) is 0 Å². The van der Waals surface area contributed by atoms with Crippen LogP contribution in [0.3, 0.4) is 0 Å². The van der Waals surface area contributed by atoms with Gasteiger partial charge in [0.2, 0.25) is 0 Å². The lowest BCUT2D eigenvalue weighted by atomic mass is 10.1. The van der Waals surface area contributed by atoms with Crippen LogP contribution in [-0.4, -0.2) is 30.2 Å². The van der Waals surface area contributed by atoms with E-state index >= 15 is 0 Å². The largest absolute Gasteiger partial charge is 0.444 e. The summed E-state index contributed by atoms with van der Waals surface area (Å²) >= 11 is 0. The topological polar surface area (TPSA) is 67.4 Å². The van der Waals surface area contributed by atoms with Crippen LogP contribution in [0, 0.1) is 6.92 Å². The second kappa shape index (κ2) is 7.11. The van der Waals surface area contributed by atoms with Crippen molar-refractivity contribution in [2.24, 2.45) is 0 Å². The van der Waals surface area contributed by atoms with Crippen molar-refractivity contribution in [2.75, 3.05) is 6.54 Å². The molecule has 0 aliphatic rings. The predicted octanol–water partition coefficient (Wildman–Crippen LogP) is 2.64. The van der Waals surface area contributed by atoms with Gasteiger partial charge in [-0.1, -0.05) is 17.7 Å². The van der Waals surface area contributed by atoms with E-state index in [1.54, 1.807) is 39.8 Å². The van der Waals surface area contributed by atoms with Gasteiger partial charge in [-0.25, -0.2) is 4.79 Å². The van der Waals surface area contributed by atoms with E-state index in [0.29, 0.717) is 12.1 Å². The highest BCUT2D eigenvalue weighted by Gasteiger charge is 2.17. The van der Waals surface area contributed by atoms with E-state index < -0.39 is 11.7 Å². The number of alkyl carbamates (subject to hydrolysis) is 1. The Bertz CT molecular complexity index is 489. The minimum absolute atomic E-state index is 0.159. The Hall–Kier alpha value is -2.04. The number of hydrogen-bond donors (Lipinski definition) is 2. The van der Waals surface area contributed by atoms with E-state index in [-0.39, 0.29) is 11.9 Å². The first-order chi connectivity index (χ1) is 9.67. The third-order valence-electron chi connectivity index (χ3n) is 2.65. The van der Waals surface area contributed by atoms with Gasteiger partial charge in [0.05, 0.1) is 0 Å². The standard InChI is InChI=1S/C16H24N2O3/c1-11-6-8-13(9-7-11)14(19)17-10-12(2)18-15(20)21-16(3,4)5/h6-9,12H,10H2,1-5H3,(H,17,19)(H,18,20)/t12-/m0/s1. The summed E-state index contributed by atoms with van der Waals surface area (Å²) in [7, 11) is 0. The molecular weight excluding hydrogens is 268 g/mol. The van der Waals surface area contributed by atoms with Crippen LogP contribution in [0.15, 0.2) is 24.3 Å². The Morgan fingerprint density at radius 2 is 1.76 bits per heavy atom. The second-order valence-electron chi connectivity index (χ2n) is 6.12. The van der Waals surface area contributed by atoms with Crippen molar-refractivity contribution in [1.82, 2.24) is 10.6 Å². The summed E-state index contributed by atoms with van der Waals surface area (Å²) in [6.07, 6.45) is -0.486. The van der Waals surface area contributed by atoms with Crippen LogP contribution in [0.25, 0.3) is 0 Å². The second-order valence-corrected chi connectivity index (χ2v) is 6.12. The molecule has 116 valence electrons. The third kappa shape index (κ3) is 6.79. The lowest BCUT2D eigenvalue weighted by Crippen LogP contribution is -2.43. The van der Waals surface area contributed by atoms with E-state index in [0.717, 1.165) is 5.56 Å². The van der Waals surface area contributed by atoms with E-state index in [2.05, 4.69) is 10.6 Å². The summed E-state index contributed by atoms with van der Waals surface area (Å²) < 4.78 is 5.15. The normalized spacial score (nSPS) is 12.4. The lowest BCUT2D eigenvalue weighted by Gasteiger charge is -2.22. The first-order valence-electron chi connectivity index (χ1n) is 7.02. The van der Waals surface area contributed by atoms with Crippen molar-refractivity contribution in [3.8, 4) is 0 Å². The minimum atomic E-state index is -0.533. The number of rotatable bonds is 4. The highest BCUT2D eigenvalue weighted by molar-refractivity contribution is 5.94. The van der Waals surface area contributed by atoms with Gasteiger partial charge in [0.15, 0.2) is 0 Å². The molecule has 0 saturated heterocycles. The fourth-order valence-corrected chi connectivity index (χ4v) is 1.61. The number of benzene rings is 1. The molecule has 1 aromatic carbocycles. The van der Waals surface area contributed by atoms with Crippen LogP contribution in [0.4, 0.5) is 4.79 Å². The number of nitrogens with one attached hydrogen (secondary N) is 2. The maximum Gasteiger partial charge on any atom is 0.407 e. The van der Waals surface area contributed by atoms with Crippen LogP contribution >= 0.6 is 0 Å². The molecular formula is C16H24N2O3. The molecule has 2 amide bonds. The molecule has 1 aromatic rings. The van der Waals surface area contributed by atoms with Gasteiger partial charge in [0, 0.05) is 18.2 Å². The van der Waals surface area contributed by atoms with Crippen LogP contribution in [0.5, 0.6) is 0 Å². The van der Waals surface area contributed by atoms with Gasteiger partial charge >= 0.3 is 6.09 Å². The summed E-state index contributed by atoms with van der Waals surface area (Å²) in [4.78, 5) is 23.5. The van der Waals surface area contributed by atoms with Gasteiger partial charge in [0.25, 0.3) is 5.91 Å². The predicted molar refractivity (Wildman–Crippen MR) is 82.3 cm³/mol. The Balaban J connectivity index is 2.39. The van der Waals surface area contributed by atoms with Crippen molar-refractivity contribution in [2.45, 2.75) is 46.3 Å². The summed E-state index contributed by atoms with van der Waals surface area (Å²) in [6.45, 7) is 9.52. The van der Waals surface area contributed by atoms with Crippen LogP contribution in [0.2, 0.25) is 0 Å². The number of carbonyl (C=O) groups excluding carboxylic acids is 2. The van der Waals surface area contributed by atoms with Crippen molar-refractivity contribution in [1.29, 1.82) is 0 Å². The van der Waals surface area contributed by atoms with Crippen LogP contribution in [0.1, 0.15) is 43.6 Å². The highest BCUT2D eigenvalue weighted by atomic mass is 16.6. The number of hydrogen-bond acceptors (Lipinski definition) is 3. The lowest BCUT2D eigenvalue weighted by molar-refractivity contribution is 0.0506. The number of amides is 2. The smallest absolute Gasteiger partial charge is 0.407 e. The Morgan fingerprint density at radius 3 is 2.29 bits per heavy atom. The molecule has 0 aliphatic carbocycles. The maximum atomic E-state index is 11.9. The molecule has 5 nitrogen and oxygen atoms in total. The molecule has 5 heteroatoms. The van der Waals surface area contributed by atoms with Gasteiger partial charge in [-0.05, 0) is 46.8 Å². The molecule has 0 radical (unpaired) electrons. The maximum absolute atomic E-state index is 11.9.